The molecule has 0 unspecified atom stereocenters. The summed E-state index contributed by atoms with van der Waals surface area (Å²) in [5.74, 6) is -0.156. The van der Waals surface area contributed by atoms with Gasteiger partial charge in [-0.2, -0.15) is 0 Å². The van der Waals surface area contributed by atoms with Crippen LogP contribution in [0.3, 0.4) is 0 Å². The fourth-order valence-electron chi connectivity index (χ4n) is 2.66. The summed E-state index contributed by atoms with van der Waals surface area (Å²) in [6.45, 7) is 4.33. The van der Waals surface area contributed by atoms with E-state index in [-0.39, 0.29) is 18.2 Å². The maximum absolute atomic E-state index is 12.1. The molecule has 0 bridgehead atoms. The van der Waals surface area contributed by atoms with E-state index in [1.807, 2.05) is 49.4 Å². The van der Waals surface area contributed by atoms with Crippen LogP contribution in [0.25, 0.3) is 0 Å². The van der Waals surface area contributed by atoms with Crippen molar-refractivity contribution >= 4 is 29.1 Å². The number of anilines is 1. The highest BCUT2D eigenvalue weighted by atomic mass is 35.5. The van der Waals surface area contributed by atoms with E-state index in [1.54, 1.807) is 11.0 Å². The zero-order valence-electron chi connectivity index (χ0n) is 14.6. The molecule has 4 nitrogen and oxygen atoms in total. The average Bonchev–Trinajstić information content (AvgIpc) is 2.57. The van der Waals surface area contributed by atoms with Crippen molar-refractivity contribution in [3.8, 4) is 0 Å². The maximum atomic E-state index is 12.1. The molecule has 0 heterocycles. The van der Waals surface area contributed by atoms with Crippen molar-refractivity contribution in [3.63, 3.8) is 0 Å². The minimum Gasteiger partial charge on any atom is -0.356 e. The van der Waals surface area contributed by atoms with Crippen LogP contribution in [-0.2, 0) is 16.0 Å². The van der Waals surface area contributed by atoms with Gasteiger partial charge in [-0.3, -0.25) is 9.59 Å². The smallest absolute Gasteiger partial charge is 0.223 e. The Hall–Kier alpha value is -2.33. The number of amides is 2. The second-order valence-electron chi connectivity index (χ2n) is 5.94. The Bertz CT molecular complexity index is 732. The summed E-state index contributed by atoms with van der Waals surface area (Å²) in [6, 6.07) is 15.4. The van der Waals surface area contributed by atoms with Gasteiger partial charge in [0, 0.05) is 37.1 Å². The van der Waals surface area contributed by atoms with Gasteiger partial charge >= 0.3 is 0 Å². The molecule has 132 valence electrons. The van der Waals surface area contributed by atoms with Crippen LogP contribution in [-0.4, -0.2) is 24.9 Å². The number of benzene rings is 2. The third-order valence-electron chi connectivity index (χ3n) is 3.97. The summed E-state index contributed by atoms with van der Waals surface area (Å²) >= 11 is 5.97. The SMILES string of the molecule is CC(=O)N(CCC(=O)NCCc1ccccc1)c1ccc(Cl)cc1C. The summed E-state index contributed by atoms with van der Waals surface area (Å²) in [6.07, 6.45) is 1.05. The number of nitrogens with zero attached hydrogens (tertiary/aromatic N) is 1. The summed E-state index contributed by atoms with van der Waals surface area (Å²) in [4.78, 5) is 25.6. The third-order valence-corrected chi connectivity index (χ3v) is 4.21. The van der Waals surface area contributed by atoms with Crippen molar-refractivity contribution in [2.24, 2.45) is 0 Å². The molecule has 0 aliphatic carbocycles. The van der Waals surface area contributed by atoms with Gasteiger partial charge in [0.2, 0.25) is 11.8 Å². The zero-order chi connectivity index (χ0) is 18.2. The van der Waals surface area contributed by atoms with E-state index >= 15 is 0 Å². The normalized spacial score (nSPS) is 10.4. The van der Waals surface area contributed by atoms with E-state index in [2.05, 4.69) is 5.32 Å². The second-order valence-corrected chi connectivity index (χ2v) is 6.37. The molecule has 1 N–H and O–H groups in total. The zero-order valence-corrected chi connectivity index (χ0v) is 15.3. The number of hydrogen-bond acceptors (Lipinski definition) is 2. The fraction of sp³-hybridized carbons (Fsp3) is 0.300. The largest absolute Gasteiger partial charge is 0.356 e. The first-order valence-electron chi connectivity index (χ1n) is 8.32. The Kier molecular flexibility index (Phi) is 7.02. The van der Waals surface area contributed by atoms with E-state index in [0.29, 0.717) is 18.1 Å². The number of nitrogens with one attached hydrogen (secondary N) is 1. The summed E-state index contributed by atoms with van der Waals surface area (Å²) in [7, 11) is 0. The molecule has 2 rings (SSSR count). The monoisotopic (exact) mass is 358 g/mol. The molecule has 0 aromatic heterocycles. The van der Waals surface area contributed by atoms with E-state index < -0.39 is 0 Å². The van der Waals surface area contributed by atoms with Crippen LogP contribution in [0.1, 0.15) is 24.5 Å². The third kappa shape index (κ3) is 5.91. The van der Waals surface area contributed by atoms with Gasteiger partial charge in [0.1, 0.15) is 0 Å². The second kappa shape index (κ2) is 9.23. The van der Waals surface area contributed by atoms with Crippen molar-refractivity contribution in [1.29, 1.82) is 0 Å². The van der Waals surface area contributed by atoms with Crippen LogP contribution >= 0.6 is 11.6 Å². The van der Waals surface area contributed by atoms with E-state index in [4.69, 9.17) is 11.6 Å². The van der Waals surface area contributed by atoms with Crippen LogP contribution in [0, 0.1) is 6.92 Å². The number of aryl methyl sites for hydroxylation is 1. The molecule has 0 fully saturated rings. The summed E-state index contributed by atoms with van der Waals surface area (Å²) in [5.41, 5.74) is 2.88. The Labute approximate surface area is 153 Å². The summed E-state index contributed by atoms with van der Waals surface area (Å²) < 4.78 is 0. The minimum absolute atomic E-state index is 0.0613. The van der Waals surface area contributed by atoms with Crippen molar-refractivity contribution < 1.29 is 9.59 Å². The number of carbonyl (C=O) groups is 2. The average molecular weight is 359 g/mol. The van der Waals surface area contributed by atoms with Gasteiger partial charge < -0.3 is 10.2 Å². The van der Waals surface area contributed by atoms with Crippen molar-refractivity contribution in [1.82, 2.24) is 5.32 Å². The fourth-order valence-corrected chi connectivity index (χ4v) is 2.89. The molecule has 2 aromatic carbocycles. The Morgan fingerprint density at radius 1 is 1.12 bits per heavy atom. The maximum Gasteiger partial charge on any atom is 0.223 e. The van der Waals surface area contributed by atoms with Gasteiger partial charge in [0.05, 0.1) is 0 Å². The van der Waals surface area contributed by atoms with Gasteiger partial charge in [-0.1, -0.05) is 41.9 Å². The first kappa shape index (κ1) is 19.0. The molecule has 0 radical (unpaired) electrons. The van der Waals surface area contributed by atoms with Crippen LogP contribution in [0.2, 0.25) is 5.02 Å². The quantitative estimate of drug-likeness (QED) is 0.819. The first-order chi connectivity index (χ1) is 12.0. The molecule has 0 spiro atoms. The van der Waals surface area contributed by atoms with Gasteiger partial charge in [0.15, 0.2) is 0 Å². The standard InChI is InChI=1S/C20H23ClN2O2/c1-15-14-18(21)8-9-19(15)23(16(2)24)13-11-20(25)22-12-10-17-6-4-3-5-7-17/h3-9,14H,10-13H2,1-2H3,(H,22,25). The van der Waals surface area contributed by atoms with Gasteiger partial charge in [0.25, 0.3) is 0 Å². The van der Waals surface area contributed by atoms with Gasteiger partial charge in [-0.15, -0.1) is 0 Å². The Morgan fingerprint density at radius 3 is 2.48 bits per heavy atom. The van der Waals surface area contributed by atoms with Crippen molar-refractivity contribution in [3.05, 3.63) is 64.7 Å². The van der Waals surface area contributed by atoms with Crippen molar-refractivity contribution in [2.45, 2.75) is 26.7 Å². The van der Waals surface area contributed by atoms with E-state index in [1.165, 1.54) is 12.5 Å². The number of rotatable bonds is 7. The Morgan fingerprint density at radius 2 is 1.84 bits per heavy atom. The molecule has 5 heteroatoms. The topological polar surface area (TPSA) is 49.4 Å². The van der Waals surface area contributed by atoms with Gasteiger partial charge in [-0.05, 0) is 42.7 Å². The lowest BCUT2D eigenvalue weighted by atomic mass is 10.1. The van der Waals surface area contributed by atoms with Crippen LogP contribution in [0.5, 0.6) is 0 Å². The highest BCUT2D eigenvalue weighted by molar-refractivity contribution is 6.30. The number of halogens is 1. The predicted octanol–water partition coefficient (Wildman–Crippen LogP) is 3.75. The lowest BCUT2D eigenvalue weighted by molar-refractivity contribution is -0.121. The molecule has 2 amide bonds. The van der Waals surface area contributed by atoms with Crippen LogP contribution in [0.15, 0.2) is 48.5 Å². The minimum atomic E-state index is -0.0949. The number of hydrogen-bond donors (Lipinski definition) is 1. The highest BCUT2D eigenvalue weighted by Crippen LogP contribution is 2.24. The molecule has 0 aliphatic heterocycles. The molecule has 25 heavy (non-hydrogen) atoms. The molecule has 0 saturated heterocycles. The van der Waals surface area contributed by atoms with E-state index in [0.717, 1.165) is 17.7 Å². The van der Waals surface area contributed by atoms with Crippen molar-refractivity contribution in [2.75, 3.05) is 18.0 Å². The number of carbonyl (C=O) groups excluding carboxylic acids is 2. The molecule has 0 saturated carbocycles. The molecule has 2 aromatic rings. The molecular weight excluding hydrogens is 336 g/mol. The predicted molar refractivity (Wildman–Crippen MR) is 102 cm³/mol. The van der Waals surface area contributed by atoms with Crippen LogP contribution < -0.4 is 10.2 Å². The lowest BCUT2D eigenvalue weighted by Gasteiger charge is -2.23. The van der Waals surface area contributed by atoms with Crippen LogP contribution in [0.4, 0.5) is 5.69 Å². The molecule has 0 atom stereocenters. The molecular formula is C20H23ClN2O2. The highest BCUT2D eigenvalue weighted by Gasteiger charge is 2.15. The molecule has 0 aliphatic rings. The lowest BCUT2D eigenvalue weighted by Crippen LogP contribution is -2.34. The Balaban J connectivity index is 1.86. The van der Waals surface area contributed by atoms with Gasteiger partial charge in [-0.25, -0.2) is 0 Å². The summed E-state index contributed by atoms with van der Waals surface area (Å²) in [5, 5.41) is 3.53. The van der Waals surface area contributed by atoms with E-state index in [9.17, 15) is 9.59 Å². The first-order valence-corrected chi connectivity index (χ1v) is 8.70.